The molecule has 0 amide bonds. The summed E-state index contributed by atoms with van der Waals surface area (Å²) >= 11 is 0. The number of tetrazole rings is 1. The van der Waals surface area contributed by atoms with Gasteiger partial charge in [-0.3, -0.25) is 4.79 Å². The van der Waals surface area contributed by atoms with Gasteiger partial charge >= 0.3 is 0 Å². The number of piperidine rings is 1. The second kappa shape index (κ2) is 9.47. The maximum atomic E-state index is 13.6. The van der Waals surface area contributed by atoms with Crippen LogP contribution >= 0.6 is 0 Å². The number of nitrogens with one attached hydrogen (secondary N) is 2. The molecule has 1 unspecified atom stereocenters. The summed E-state index contributed by atoms with van der Waals surface area (Å²) in [5, 5.41) is 14.1. The molecule has 3 aromatic rings. The average molecular weight is 478 g/mol. The highest BCUT2D eigenvalue weighted by atomic mass is 16.5. The number of aryl methyl sites for hydroxylation is 1. The van der Waals surface area contributed by atoms with Gasteiger partial charge in [0.15, 0.2) is 6.04 Å². The largest absolute Gasteiger partial charge is 0.376 e. The summed E-state index contributed by atoms with van der Waals surface area (Å²) < 4.78 is 7.82. The zero-order valence-corrected chi connectivity index (χ0v) is 20.8. The van der Waals surface area contributed by atoms with Crippen molar-refractivity contribution in [3.8, 4) is 0 Å². The van der Waals surface area contributed by atoms with Gasteiger partial charge in [-0.2, -0.15) is 0 Å². The smallest absolute Gasteiger partial charge is 0.258 e. The molecule has 2 N–H and O–H groups in total. The quantitative estimate of drug-likeness (QED) is 0.590. The Balaban J connectivity index is 1.43. The van der Waals surface area contributed by atoms with E-state index < -0.39 is 0 Å². The molecule has 2 aliphatic heterocycles. The molecular formula is C27H37N6O2+. The van der Waals surface area contributed by atoms with E-state index in [0.717, 1.165) is 60.4 Å². The Hall–Kier alpha value is -2.58. The molecule has 186 valence electrons. The monoisotopic (exact) mass is 477 g/mol. The minimum absolute atomic E-state index is 0.0319. The molecule has 2 saturated heterocycles. The molecule has 1 aromatic carbocycles. The minimum Gasteiger partial charge on any atom is -0.376 e. The Bertz CT molecular complexity index is 1230. The maximum Gasteiger partial charge on any atom is 0.258 e. The van der Waals surface area contributed by atoms with Gasteiger partial charge in [-0.1, -0.05) is 31.4 Å². The molecule has 1 aliphatic carbocycles. The second-order valence-corrected chi connectivity index (χ2v) is 11.2. The van der Waals surface area contributed by atoms with E-state index >= 15 is 0 Å². The average Bonchev–Trinajstić information content (AvgIpc) is 3.53. The van der Waals surface area contributed by atoms with Crippen LogP contribution in [0.15, 0.2) is 29.1 Å². The number of hydrogen-bond donors (Lipinski definition) is 2. The van der Waals surface area contributed by atoms with Crippen molar-refractivity contribution in [2.75, 3.05) is 19.7 Å². The van der Waals surface area contributed by atoms with E-state index in [-0.39, 0.29) is 17.7 Å². The lowest BCUT2D eigenvalue weighted by molar-refractivity contribution is -0.939. The number of aromatic nitrogens is 5. The highest BCUT2D eigenvalue weighted by Gasteiger charge is 2.44. The van der Waals surface area contributed by atoms with E-state index in [1.165, 1.54) is 49.8 Å². The molecule has 1 saturated carbocycles. The third-order valence-electron chi connectivity index (χ3n) is 8.69. The van der Waals surface area contributed by atoms with Gasteiger partial charge in [0.05, 0.1) is 31.3 Å². The Kier molecular flexibility index (Phi) is 6.18. The number of ether oxygens (including phenoxy) is 1. The van der Waals surface area contributed by atoms with Crippen molar-refractivity contribution < 1.29 is 9.64 Å². The SMILES string of the molecule is Cc1ccc2cc([C@@H](c3nnnn3C[C@@H]3CCCO3)[NH+]3CCCC4(CCCCC4)C3)c(=O)[nH]c2c1. The van der Waals surface area contributed by atoms with Gasteiger partial charge < -0.3 is 14.6 Å². The van der Waals surface area contributed by atoms with Gasteiger partial charge in [0.2, 0.25) is 5.82 Å². The van der Waals surface area contributed by atoms with Gasteiger partial charge in [-0.25, -0.2) is 4.68 Å². The fourth-order valence-corrected chi connectivity index (χ4v) is 6.94. The summed E-state index contributed by atoms with van der Waals surface area (Å²) in [4.78, 5) is 18.2. The number of H-pyrrole nitrogens is 1. The van der Waals surface area contributed by atoms with Crippen LogP contribution in [0, 0.1) is 12.3 Å². The Morgan fingerprint density at radius 3 is 2.86 bits per heavy atom. The molecule has 8 nitrogen and oxygen atoms in total. The summed E-state index contributed by atoms with van der Waals surface area (Å²) in [7, 11) is 0. The Labute approximate surface area is 206 Å². The molecule has 8 heteroatoms. The number of pyridine rings is 1. The molecular weight excluding hydrogens is 440 g/mol. The third kappa shape index (κ3) is 4.54. The predicted octanol–water partition coefficient (Wildman–Crippen LogP) is 2.72. The van der Waals surface area contributed by atoms with Crippen LogP contribution in [0.25, 0.3) is 10.9 Å². The first-order valence-electron chi connectivity index (χ1n) is 13.5. The molecule has 4 heterocycles. The topological polar surface area (TPSA) is 90.1 Å². The van der Waals surface area contributed by atoms with Gasteiger partial charge in [0, 0.05) is 17.5 Å². The molecule has 3 atom stereocenters. The molecule has 35 heavy (non-hydrogen) atoms. The van der Waals surface area contributed by atoms with E-state index in [2.05, 4.69) is 45.6 Å². The van der Waals surface area contributed by atoms with Crippen LogP contribution in [-0.2, 0) is 11.3 Å². The van der Waals surface area contributed by atoms with Crippen molar-refractivity contribution in [3.63, 3.8) is 0 Å². The van der Waals surface area contributed by atoms with Crippen LogP contribution in [0.1, 0.15) is 80.8 Å². The fraction of sp³-hybridized carbons (Fsp3) is 0.630. The van der Waals surface area contributed by atoms with E-state index in [9.17, 15) is 4.79 Å². The summed E-state index contributed by atoms with van der Waals surface area (Å²) in [5.74, 6) is 0.792. The first kappa shape index (κ1) is 22.9. The number of nitrogens with zero attached hydrogens (tertiary/aromatic N) is 4. The summed E-state index contributed by atoms with van der Waals surface area (Å²) in [6.45, 7) is 5.60. The van der Waals surface area contributed by atoms with Crippen molar-refractivity contribution >= 4 is 10.9 Å². The first-order chi connectivity index (χ1) is 17.1. The summed E-state index contributed by atoms with van der Waals surface area (Å²) in [6, 6.07) is 8.14. The Morgan fingerprint density at radius 2 is 2.03 bits per heavy atom. The van der Waals surface area contributed by atoms with Crippen molar-refractivity contribution in [1.82, 2.24) is 25.2 Å². The van der Waals surface area contributed by atoms with Crippen molar-refractivity contribution in [2.24, 2.45) is 5.41 Å². The number of rotatable bonds is 5. The van der Waals surface area contributed by atoms with Crippen molar-refractivity contribution in [1.29, 1.82) is 0 Å². The summed E-state index contributed by atoms with van der Waals surface area (Å²) in [6.07, 6.45) is 11.3. The number of benzene rings is 1. The number of quaternary nitrogens is 1. The highest BCUT2D eigenvalue weighted by molar-refractivity contribution is 5.79. The maximum absolute atomic E-state index is 13.6. The van der Waals surface area contributed by atoms with E-state index in [4.69, 9.17) is 4.74 Å². The standard InChI is InChI=1S/C27H36N6O2/c1-19-8-9-20-16-22(26(34)28-23(20)15-19)24(25-29-30-31-33(25)17-21-7-5-14-35-21)32-13-6-12-27(18-32)10-3-2-4-11-27/h8-9,15-16,21,24H,2-7,10-14,17-18H2,1H3,(H,28,34)/p+1/t21-,24-/m0/s1. The van der Waals surface area contributed by atoms with E-state index in [0.29, 0.717) is 12.0 Å². The zero-order valence-electron chi connectivity index (χ0n) is 20.8. The molecule has 3 aliphatic rings. The van der Waals surface area contributed by atoms with Crippen LogP contribution < -0.4 is 10.5 Å². The number of hydrogen-bond acceptors (Lipinski definition) is 5. The molecule has 3 fully saturated rings. The third-order valence-corrected chi connectivity index (χ3v) is 8.69. The van der Waals surface area contributed by atoms with E-state index in [1.807, 2.05) is 10.7 Å². The number of aromatic amines is 1. The summed E-state index contributed by atoms with van der Waals surface area (Å²) in [5.41, 5.74) is 3.15. The molecule has 6 rings (SSSR count). The molecule has 0 radical (unpaired) electrons. The molecule has 2 aromatic heterocycles. The van der Waals surface area contributed by atoms with E-state index in [1.54, 1.807) is 0 Å². The zero-order chi connectivity index (χ0) is 23.8. The highest BCUT2D eigenvalue weighted by Crippen LogP contribution is 2.40. The Morgan fingerprint density at radius 1 is 1.17 bits per heavy atom. The molecule has 1 spiro atoms. The normalized spacial score (nSPS) is 25.3. The molecule has 0 bridgehead atoms. The number of fused-ring (bicyclic) bond motifs is 1. The van der Waals surface area contributed by atoms with Crippen LogP contribution in [0.4, 0.5) is 0 Å². The minimum atomic E-state index is -0.194. The van der Waals surface area contributed by atoms with Crippen LogP contribution in [0.5, 0.6) is 0 Å². The van der Waals surface area contributed by atoms with Crippen LogP contribution in [0.3, 0.4) is 0 Å². The lowest BCUT2D eigenvalue weighted by Gasteiger charge is -2.44. The van der Waals surface area contributed by atoms with Crippen molar-refractivity contribution in [3.05, 3.63) is 51.6 Å². The van der Waals surface area contributed by atoms with Gasteiger partial charge in [0.1, 0.15) is 0 Å². The van der Waals surface area contributed by atoms with Crippen LogP contribution in [0.2, 0.25) is 0 Å². The lowest BCUT2D eigenvalue weighted by atomic mass is 9.69. The van der Waals surface area contributed by atoms with Crippen molar-refractivity contribution in [2.45, 2.75) is 83.4 Å². The predicted molar refractivity (Wildman–Crippen MR) is 133 cm³/mol. The lowest BCUT2D eigenvalue weighted by Crippen LogP contribution is -3.15. The van der Waals surface area contributed by atoms with Gasteiger partial charge in [-0.05, 0) is 79.0 Å². The number of likely N-dealkylation sites (tertiary alicyclic amines) is 1. The second-order valence-electron chi connectivity index (χ2n) is 11.2. The van der Waals surface area contributed by atoms with Crippen LogP contribution in [-0.4, -0.2) is 51.0 Å². The first-order valence-corrected chi connectivity index (χ1v) is 13.5. The van der Waals surface area contributed by atoms with Gasteiger partial charge in [-0.15, -0.1) is 5.10 Å². The van der Waals surface area contributed by atoms with Gasteiger partial charge in [0.25, 0.3) is 5.56 Å². The fourth-order valence-electron chi connectivity index (χ4n) is 6.94.